The van der Waals surface area contributed by atoms with Crippen LogP contribution in [0.5, 0.6) is 0 Å². The largest absolute Gasteiger partial charge is 0.432 e. The summed E-state index contributed by atoms with van der Waals surface area (Å²) >= 11 is 0. The summed E-state index contributed by atoms with van der Waals surface area (Å²) < 4.78 is 37.4. The molecule has 0 aliphatic carbocycles. The van der Waals surface area contributed by atoms with Gasteiger partial charge in [0.15, 0.2) is 0 Å². The number of nitrogens with zero attached hydrogens (tertiary/aromatic N) is 5. The first kappa shape index (κ1) is 20.7. The molecule has 0 bridgehead atoms. The SMILES string of the molecule is CC1C(c2cn[nH]c2)NCCN1c1cc(-c2cnc(/C=C\C(=N)C(F)(F)F)[nH]2)ncn1. The van der Waals surface area contributed by atoms with Crippen molar-refractivity contribution in [2.24, 2.45) is 0 Å². The molecule has 162 valence electrons. The van der Waals surface area contributed by atoms with Crippen LogP contribution in [0.3, 0.4) is 0 Å². The maximum absolute atomic E-state index is 12.5. The van der Waals surface area contributed by atoms with Crippen LogP contribution in [-0.4, -0.2) is 61.2 Å². The van der Waals surface area contributed by atoms with Crippen molar-refractivity contribution in [3.63, 3.8) is 0 Å². The number of hydrogen-bond donors (Lipinski definition) is 4. The molecule has 2 atom stereocenters. The van der Waals surface area contributed by atoms with E-state index in [4.69, 9.17) is 5.41 Å². The Morgan fingerprint density at radius 2 is 2.10 bits per heavy atom. The summed E-state index contributed by atoms with van der Waals surface area (Å²) in [6, 6.07) is 1.99. The highest BCUT2D eigenvalue weighted by Gasteiger charge is 2.32. The molecule has 0 amide bonds. The Kier molecular flexibility index (Phi) is 5.55. The molecule has 9 nitrogen and oxygen atoms in total. The van der Waals surface area contributed by atoms with Gasteiger partial charge in [-0.3, -0.25) is 10.5 Å². The number of imidazole rings is 1. The van der Waals surface area contributed by atoms with Crippen LogP contribution in [-0.2, 0) is 0 Å². The third-order valence-corrected chi connectivity index (χ3v) is 5.10. The van der Waals surface area contributed by atoms with Crippen molar-refractivity contribution in [2.75, 3.05) is 18.0 Å². The van der Waals surface area contributed by atoms with Crippen molar-refractivity contribution in [1.82, 2.24) is 35.5 Å². The number of allylic oxidation sites excluding steroid dienone is 1. The molecule has 12 heteroatoms. The molecule has 4 heterocycles. The van der Waals surface area contributed by atoms with Gasteiger partial charge in [0.25, 0.3) is 0 Å². The van der Waals surface area contributed by atoms with E-state index in [1.807, 2.05) is 12.3 Å². The van der Waals surface area contributed by atoms with E-state index < -0.39 is 11.9 Å². The summed E-state index contributed by atoms with van der Waals surface area (Å²) in [7, 11) is 0. The van der Waals surface area contributed by atoms with E-state index in [0.29, 0.717) is 17.5 Å². The number of hydrogen-bond acceptors (Lipinski definition) is 7. The summed E-state index contributed by atoms with van der Waals surface area (Å²) in [6.45, 7) is 3.62. The first-order chi connectivity index (χ1) is 14.8. The van der Waals surface area contributed by atoms with Crippen LogP contribution >= 0.6 is 0 Å². The molecule has 0 spiro atoms. The topological polar surface area (TPSA) is 122 Å². The van der Waals surface area contributed by atoms with Crippen molar-refractivity contribution in [1.29, 1.82) is 5.41 Å². The number of aromatic amines is 2. The van der Waals surface area contributed by atoms with E-state index in [0.717, 1.165) is 30.5 Å². The Bertz CT molecular complexity index is 1070. The molecule has 1 aliphatic heterocycles. The maximum Gasteiger partial charge on any atom is 0.432 e. The van der Waals surface area contributed by atoms with Crippen LogP contribution < -0.4 is 10.2 Å². The standard InChI is InChI=1S/C19H20F3N9/c1-11-18(12-7-28-29-8-12)24-4-5-31(11)17-6-13(26-10-27-17)14-9-25-16(30-14)3-2-15(23)19(20,21)22/h2-3,6-11,18,23-24H,4-5H2,1H3,(H,25,30)(H,28,29)/b3-2-,23-15?. The van der Waals surface area contributed by atoms with Gasteiger partial charge in [0, 0.05) is 37.0 Å². The minimum Gasteiger partial charge on any atom is -0.351 e. The van der Waals surface area contributed by atoms with Crippen LogP contribution in [0.2, 0.25) is 0 Å². The molecule has 0 saturated carbocycles. The molecule has 31 heavy (non-hydrogen) atoms. The predicted octanol–water partition coefficient (Wildman–Crippen LogP) is 2.72. The van der Waals surface area contributed by atoms with Crippen molar-refractivity contribution in [3.05, 3.63) is 48.4 Å². The fourth-order valence-corrected chi connectivity index (χ4v) is 3.50. The second-order valence-corrected chi connectivity index (χ2v) is 7.09. The average molecular weight is 431 g/mol. The molecule has 1 saturated heterocycles. The zero-order valence-corrected chi connectivity index (χ0v) is 16.5. The molecule has 1 fully saturated rings. The Balaban J connectivity index is 1.53. The molecule has 1 aliphatic rings. The van der Waals surface area contributed by atoms with E-state index in [1.165, 1.54) is 12.5 Å². The van der Waals surface area contributed by atoms with Gasteiger partial charge in [-0.2, -0.15) is 18.3 Å². The Labute approximate surface area is 175 Å². The third-order valence-electron chi connectivity index (χ3n) is 5.10. The van der Waals surface area contributed by atoms with Crippen molar-refractivity contribution in [2.45, 2.75) is 25.2 Å². The smallest absolute Gasteiger partial charge is 0.351 e. The zero-order valence-electron chi connectivity index (χ0n) is 16.5. The van der Waals surface area contributed by atoms with Crippen LogP contribution in [0.1, 0.15) is 24.4 Å². The van der Waals surface area contributed by atoms with Gasteiger partial charge < -0.3 is 15.2 Å². The third kappa shape index (κ3) is 4.48. The summed E-state index contributed by atoms with van der Waals surface area (Å²) in [4.78, 5) is 17.8. The van der Waals surface area contributed by atoms with Gasteiger partial charge in [0.1, 0.15) is 23.7 Å². The minimum absolute atomic E-state index is 0.0822. The highest BCUT2D eigenvalue weighted by atomic mass is 19.4. The van der Waals surface area contributed by atoms with Crippen LogP contribution in [0.15, 0.2) is 37.1 Å². The van der Waals surface area contributed by atoms with Crippen LogP contribution in [0, 0.1) is 5.41 Å². The van der Waals surface area contributed by atoms with E-state index in [-0.39, 0.29) is 17.9 Å². The Morgan fingerprint density at radius 1 is 1.26 bits per heavy atom. The number of alkyl halides is 3. The van der Waals surface area contributed by atoms with E-state index >= 15 is 0 Å². The van der Waals surface area contributed by atoms with Crippen molar-refractivity contribution < 1.29 is 13.2 Å². The highest BCUT2D eigenvalue weighted by Crippen LogP contribution is 2.28. The molecule has 3 aromatic rings. The Hall–Kier alpha value is -3.54. The summed E-state index contributed by atoms with van der Waals surface area (Å²) in [6.07, 6.45) is 3.66. The van der Waals surface area contributed by atoms with Gasteiger partial charge in [0.05, 0.1) is 29.8 Å². The van der Waals surface area contributed by atoms with Crippen molar-refractivity contribution >= 4 is 17.6 Å². The lowest BCUT2D eigenvalue weighted by Gasteiger charge is -2.40. The van der Waals surface area contributed by atoms with E-state index in [2.05, 4.69) is 47.3 Å². The number of rotatable bonds is 5. The molecule has 2 unspecified atom stereocenters. The van der Waals surface area contributed by atoms with E-state index in [1.54, 1.807) is 6.20 Å². The normalized spacial score (nSPS) is 19.8. The fourth-order valence-electron chi connectivity index (χ4n) is 3.50. The Morgan fingerprint density at radius 3 is 2.84 bits per heavy atom. The second kappa shape index (κ2) is 8.30. The number of aromatic nitrogens is 6. The quantitative estimate of drug-likeness (QED) is 0.461. The first-order valence-electron chi connectivity index (χ1n) is 9.53. The zero-order chi connectivity index (χ0) is 22.0. The molecule has 0 radical (unpaired) electrons. The van der Waals surface area contributed by atoms with Gasteiger partial charge in [-0.1, -0.05) is 0 Å². The monoisotopic (exact) mass is 431 g/mol. The van der Waals surface area contributed by atoms with Gasteiger partial charge in [-0.15, -0.1) is 0 Å². The second-order valence-electron chi connectivity index (χ2n) is 7.09. The highest BCUT2D eigenvalue weighted by molar-refractivity contribution is 5.99. The number of anilines is 1. The number of piperazine rings is 1. The van der Waals surface area contributed by atoms with Crippen molar-refractivity contribution in [3.8, 4) is 11.4 Å². The van der Waals surface area contributed by atoms with Gasteiger partial charge in [-0.05, 0) is 19.1 Å². The lowest BCUT2D eigenvalue weighted by Crippen LogP contribution is -2.52. The summed E-state index contributed by atoms with van der Waals surface area (Å²) in [5.74, 6) is 0.928. The van der Waals surface area contributed by atoms with Crippen LogP contribution in [0.4, 0.5) is 19.0 Å². The number of nitrogens with one attached hydrogen (secondary N) is 4. The fraction of sp³-hybridized carbons (Fsp3) is 0.316. The molecular formula is C19H20F3N9. The van der Waals surface area contributed by atoms with E-state index in [9.17, 15) is 13.2 Å². The van der Waals surface area contributed by atoms with Crippen LogP contribution in [0.25, 0.3) is 17.5 Å². The molecule has 4 rings (SSSR count). The first-order valence-corrected chi connectivity index (χ1v) is 9.53. The number of halogens is 3. The molecule has 0 aromatic carbocycles. The molecule has 3 aromatic heterocycles. The van der Waals surface area contributed by atoms with Gasteiger partial charge in [0.2, 0.25) is 0 Å². The molecular weight excluding hydrogens is 411 g/mol. The summed E-state index contributed by atoms with van der Waals surface area (Å²) in [5, 5.41) is 17.3. The van der Waals surface area contributed by atoms with Gasteiger partial charge >= 0.3 is 6.18 Å². The predicted molar refractivity (Wildman–Crippen MR) is 109 cm³/mol. The number of H-pyrrole nitrogens is 2. The lowest BCUT2D eigenvalue weighted by molar-refractivity contribution is -0.0583. The average Bonchev–Trinajstić information content (AvgIpc) is 3.44. The minimum atomic E-state index is -4.69. The lowest BCUT2D eigenvalue weighted by atomic mass is 10.00. The molecule has 4 N–H and O–H groups in total. The summed E-state index contributed by atoms with van der Waals surface area (Å²) in [5.41, 5.74) is 0.709. The van der Waals surface area contributed by atoms with Gasteiger partial charge in [-0.25, -0.2) is 15.0 Å². The maximum atomic E-state index is 12.5.